The molecule has 2 aromatic heterocycles. The Hall–Kier alpha value is -3.20. The molecule has 5 aromatic rings. The van der Waals surface area contributed by atoms with Gasteiger partial charge in [0.15, 0.2) is 10.9 Å². The van der Waals surface area contributed by atoms with Crippen LogP contribution in [0, 0.1) is 0 Å². The zero-order valence-corrected chi connectivity index (χ0v) is 21.0. The molecule has 2 heterocycles. The predicted octanol–water partition coefficient (Wildman–Crippen LogP) is 7.63. The van der Waals surface area contributed by atoms with Gasteiger partial charge in [-0.2, -0.15) is 0 Å². The Morgan fingerprint density at radius 2 is 1.56 bits per heavy atom. The smallest absolute Gasteiger partial charge is 0.257 e. The van der Waals surface area contributed by atoms with Gasteiger partial charge in [0.1, 0.15) is 5.69 Å². The molecular formula is C26H18BrN3O2S2. The van der Waals surface area contributed by atoms with Gasteiger partial charge in [-0.05, 0) is 12.1 Å². The number of oxazole rings is 1. The number of thioether (sulfide) groups is 1. The maximum absolute atomic E-state index is 12.6. The summed E-state index contributed by atoms with van der Waals surface area (Å²) in [4.78, 5) is 21.8. The minimum atomic E-state index is -0.164. The van der Waals surface area contributed by atoms with Crippen molar-refractivity contribution in [3.05, 3.63) is 94.8 Å². The molecule has 0 aliphatic rings. The molecule has 8 heteroatoms. The number of nitrogens with zero attached hydrogens (tertiary/aromatic N) is 2. The predicted molar refractivity (Wildman–Crippen MR) is 142 cm³/mol. The van der Waals surface area contributed by atoms with Crippen molar-refractivity contribution >= 4 is 50.1 Å². The van der Waals surface area contributed by atoms with Gasteiger partial charge in [0.25, 0.3) is 5.22 Å². The second-order valence-electron chi connectivity index (χ2n) is 7.27. The molecule has 5 rings (SSSR count). The van der Waals surface area contributed by atoms with Gasteiger partial charge < -0.3 is 9.73 Å². The van der Waals surface area contributed by atoms with Gasteiger partial charge in [0.05, 0.1) is 11.4 Å². The Morgan fingerprint density at radius 1 is 0.882 bits per heavy atom. The summed E-state index contributed by atoms with van der Waals surface area (Å²) >= 11 is 6.09. The molecule has 3 aromatic carbocycles. The Balaban J connectivity index is 1.28. The molecule has 0 atom stereocenters. The Kier molecular flexibility index (Phi) is 6.89. The monoisotopic (exact) mass is 547 g/mol. The first-order valence-electron chi connectivity index (χ1n) is 10.4. The number of nitrogens with one attached hydrogen (secondary N) is 1. The molecule has 34 heavy (non-hydrogen) atoms. The minimum Gasteiger partial charge on any atom is -0.431 e. The molecule has 0 fully saturated rings. The van der Waals surface area contributed by atoms with Gasteiger partial charge in [0, 0.05) is 26.5 Å². The first-order chi connectivity index (χ1) is 16.7. The van der Waals surface area contributed by atoms with E-state index in [1.165, 1.54) is 23.1 Å². The summed E-state index contributed by atoms with van der Waals surface area (Å²) in [6, 6.07) is 27.6. The van der Waals surface area contributed by atoms with Crippen molar-refractivity contribution < 1.29 is 9.21 Å². The van der Waals surface area contributed by atoms with Crippen LogP contribution in [0.15, 0.2) is 104 Å². The van der Waals surface area contributed by atoms with E-state index >= 15 is 0 Å². The Labute approximate surface area is 213 Å². The molecule has 0 bridgehead atoms. The van der Waals surface area contributed by atoms with Gasteiger partial charge in [-0.3, -0.25) is 4.79 Å². The third-order valence-corrected chi connectivity index (χ3v) is 7.02. The zero-order chi connectivity index (χ0) is 23.3. The van der Waals surface area contributed by atoms with Gasteiger partial charge >= 0.3 is 0 Å². The lowest BCUT2D eigenvalue weighted by Crippen LogP contribution is -2.13. The summed E-state index contributed by atoms with van der Waals surface area (Å²) in [6.45, 7) is 0. The summed E-state index contributed by atoms with van der Waals surface area (Å²) in [6.07, 6.45) is 0. The highest BCUT2D eigenvalue weighted by atomic mass is 79.9. The molecular weight excluding hydrogens is 530 g/mol. The van der Waals surface area contributed by atoms with Crippen LogP contribution >= 0.6 is 39.0 Å². The number of halogens is 1. The van der Waals surface area contributed by atoms with E-state index in [0.29, 0.717) is 16.1 Å². The van der Waals surface area contributed by atoms with Crippen LogP contribution in [0.3, 0.4) is 0 Å². The molecule has 0 aliphatic carbocycles. The highest BCUT2D eigenvalue weighted by molar-refractivity contribution is 9.10. The van der Waals surface area contributed by atoms with E-state index in [1.54, 1.807) is 0 Å². The molecule has 1 amide bonds. The topological polar surface area (TPSA) is 68.0 Å². The standard InChI is InChI=1S/C26H18BrN3O2S2/c27-20-13-11-17(12-14-20)21-15-33-25(28-21)29-22(31)16-34-26-30-23(18-7-3-1-4-8-18)24(32-26)19-9-5-2-6-10-19/h1-15H,16H2,(H,28,29,31). The second-order valence-corrected chi connectivity index (χ2v) is 9.97. The minimum absolute atomic E-state index is 0.163. The maximum Gasteiger partial charge on any atom is 0.257 e. The van der Waals surface area contributed by atoms with Gasteiger partial charge in [-0.15, -0.1) is 11.3 Å². The highest BCUT2D eigenvalue weighted by Gasteiger charge is 2.18. The highest BCUT2D eigenvalue weighted by Crippen LogP contribution is 2.35. The fourth-order valence-electron chi connectivity index (χ4n) is 3.31. The third kappa shape index (κ3) is 5.30. The van der Waals surface area contributed by atoms with Crippen molar-refractivity contribution in [1.82, 2.24) is 9.97 Å². The number of rotatable bonds is 7. The number of benzene rings is 3. The molecule has 168 valence electrons. The van der Waals surface area contributed by atoms with Gasteiger partial charge in [-0.1, -0.05) is 100 Å². The lowest BCUT2D eigenvalue weighted by Gasteiger charge is -2.00. The summed E-state index contributed by atoms with van der Waals surface area (Å²) in [5, 5.41) is 5.80. The molecule has 5 nitrogen and oxygen atoms in total. The number of aromatic nitrogens is 2. The van der Waals surface area contributed by atoms with Crippen molar-refractivity contribution in [3.8, 4) is 33.8 Å². The largest absolute Gasteiger partial charge is 0.431 e. The molecule has 0 spiro atoms. The van der Waals surface area contributed by atoms with Crippen LogP contribution in [-0.4, -0.2) is 21.6 Å². The number of thiazole rings is 1. The number of hydrogen-bond donors (Lipinski definition) is 1. The van der Waals surface area contributed by atoms with E-state index in [2.05, 4.69) is 31.2 Å². The van der Waals surface area contributed by atoms with Crippen LogP contribution < -0.4 is 5.32 Å². The fraction of sp³-hybridized carbons (Fsp3) is 0.0385. The van der Waals surface area contributed by atoms with Crippen molar-refractivity contribution in [2.75, 3.05) is 11.1 Å². The third-order valence-electron chi connectivity index (χ3n) is 4.91. The van der Waals surface area contributed by atoms with Crippen molar-refractivity contribution in [2.24, 2.45) is 0 Å². The Bertz CT molecular complexity index is 1340. The van der Waals surface area contributed by atoms with Crippen molar-refractivity contribution in [1.29, 1.82) is 0 Å². The number of carbonyl (C=O) groups excluding carboxylic acids is 1. The average Bonchev–Trinajstić information content (AvgIpc) is 3.52. The van der Waals surface area contributed by atoms with Crippen LogP contribution in [0.1, 0.15) is 0 Å². The summed E-state index contributed by atoms with van der Waals surface area (Å²) < 4.78 is 7.09. The average molecular weight is 548 g/mol. The summed E-state index contributed by atoms with van der Waals surface area (Å²) in [7, 11) is 0. The first kappa shape index (κ1) is 22.6. The summed E-state index contributed by atoms with van der Waals surface area (Å²) in [5.41, 5.74) is 4.48. The number of amides is 1. The van der Waals surface area contributed by atoms with E-state index in [0.717, 1.165) is 32.6 Å². The van der Waals surface area contributed by atoms with Crippen LogP contribution in [0.2, 0.25) is 0 Å². The molecule has 0 aliphatic heterocycles. The maximum atomic E-state index is 12.6. The lowest BCUT2D eigenvalue weighted by molar-refractivity contribution is -0.113. The van der Waals surface area contributed by atoms with Gasteiger partial charge in [-0.25, -0.2) is 9.97 Å². The van der Waals surface area contributed by atoms with Gasteiger partial charge in [0.2, 0.25) is 5.91 Å². The molecule has 0 radical (unpaired) electrons. The summed E-state index contributed by atoms with van der Waals surface area (Å²) in [5.74, 6) is 0.687. The SMILES string of the molecule is O=C(CSc1nc(-c2ccccc2)c(-c2ccccc2)o1)Nc1nc(-c2ccc(Br)cc2)cs1. The number of hydrogen-bond acceptors (Lipinski definition) is 6. The molecule has 0 saturated carbocycles. The molecule has 0 saturated heterocycles. The molecule has 0 unspecified atom stereocenters. The fourth-order valence-corrected chi connectivity index (χ4v) is 4.93. The zero-order valence-electron chi connectivity index (χ0n) is 17.8. The lowest BCUT2D eigenvalue weighted by atomic mass is 10.1. The van der Waals surface area contributed by atoms with Crippen LogP contribution in [0.4, 0.5) is 5.13 Å². The van der Waals surface area contributed by atoms with Crippen LogP contribution in [-0.2, 0) is 4.79 Å². The molecule has 1 N–H and O–H groups in total. The van der Waals surface area contributed by atoms with Crippen molar-refractivity contribution in [2.45, 2.75) is 5.22 Å². The van der Waals surface area contributed by atoms with Crippen LogP contribution in [0.25, 0.3) is 33.8 Å². The Morgan fingerprint density at radius 3 is 2.26 bits per heavy atom. The quantitative estimate of drug-likeness (QED) is 0.212. The van der Waals surface area contributed by atoms with E-state index in [9.17, 15) is 4.79 Å². The van der Waals surface area contributed by atoms with E-state index in [4.69, 9.17) is 4.42 Å². The van der Waals surface area contributed by atoms with E-state index < -0.39 is 0 Å². The number of carbonyl (C=O) groups is 1. The van der Waals surface area contributed by atoms with Crippen LogP contribution in [0.5, 0.6) is 0 Å². The van der Waals surface area contributed by atoms with E-state index in [1.807, 2.05) is 90.3 Å². The number of anilines is 1. The normalized spacial score (nSPS) is 10.9. The van der Waals surface area contributed by atoms with Crippen molar-refractivity contribution in [3.63, 3.8) is 0 Å². The second kappa shape index (κ2) is 10.4. The van der Waals surface area contributed by atoms with E-state index in [-0.39, 0.29) is 11.7 Å². The first-order valence-corrected chi connectivity index (χ1v) is 13.1.